The molecule has 1 aliphatic heterocycles. The average molecular weight is 340 g/mol. The molecule has 0 saturated carbocycles. The van der Waals surface area contributed by atoms with E-state index < -0.39 is 0 Å². The van der Waals surface area contributed by atoms with Gasteiger partial charge < -0.3 is 14.5 Å². The first-order chi connectivity index (χ1) is 12.3. The molecule has 25 heavy (non-hydrogen) atoms. The Kier molecular flexibility index (Phi) is 4.23. The summed E-state index contributed by atoms with van der Waals surface area (Å²) < 4.78 is 12.7. The van der Waals surface area contributed by atoms with Crippen molar-refractivity contribution < 1.29 is 9.47 Å². The Labute approximate surface area is 144 Å². The van der Waals surface area contributed by atoms with Gasteiger partial charge in [-0.1, -0.05) is 18.2 Å². The maximum absolute atomic E-state index is 12.4. The highest BCUT2D eigenvalue weighted by Crippen LogP contribution is 2.24. The zero-order valence-electron chi connectivity index (χ0n) is 14.1. The summed E-state index contributed by atoms with van der Waals surface area (Å²) in [6, 6.07) is 7.96. The zero-order valence-corrected chi connectivity index (χ0v) is 14.1. The summed E-state index contributed by atoms with van der Waals surface area (Å²) in [7, 11) is 1.64. The monoisotopic (exact) mass is 340 g/mol. The number of hydrogen-bond acceptors (Lipinski definition) is 5. The zero-order chi connectivity index (χ0) is 17.2. The largest absolute Gasteiger partial charge is 0.496 e. The maximum Gasteiger partial charge on any atom is 0.262 e. The number of fused-ring (bicyclic) bond motifs is 1. The molecule has 3 aromatic rings. The van der Waals surface area contributed by atoms with E-state index >= 15 is 0 Å². The number of hydrogen-bond donors (Lipinski definition) is 1. The fourth-order valence-corrected chi connectivity index (χ4v) is 3.29. The van der Waals surface area contributed by atoms with Gasteiger partial charge in [0.1, 0.15) is 17.0 Å². The van der Waals surface area contributed by atoms with Gasteiger partial charge in [0.15, 0.2) is 5.65 Å². The van der Waals surface area contributed by atoms with Gasteiger partial charge in [0.2, 0.25) is 0 Å². The summed E-state index contributed by atoms with van der Waals surface area (Å²) in [6.07, 6.45) is 3.86. The van der Waals surface area contributed by atoms with Crippen LogP contribution < -0.4 is 10.3 Å². The molecule has 1 aliphatic rings. The number of nitrogens with zero attached hydrogens (tertiary/aromatic N) is 3. The van der Waals surface area contributed by atoms with Crippen molar-refractivity contribution in [3.05, 3.63) is 52.2 Å². The minimum atomic E-state index is -0.159. The van der Waals surface area contributed by atoms with Crippen molar-refractivity contribution in [1.82, 2.24) is 19.7 Å². The lowest BCUT2D eigenvalue weighted by atomic mass is 10.1. The Morgan fingerprint density at radius 3 is 2.92 bits per heavy atom. The van der Waals surface area contributed by atoms with Crippen LogP contribution in [0.4, 0.5) is 0 Å². The second-order valence-electron chi connectivity index (χ2n) is 6.17. The van der Waals surface area contributed by atoms with Crippen LogP contribution in [0.15, 0.2) is 35.3 Å². The van der Waals surface area contributed by atoms with Crippen LogP contribution in [0.1, 0.15) is 30.3 Å². The Balaban J connectivity index is 1.74. The van der Waals surface area contributed by atoms with Gasteiger partial charge in [-0.15, -0.1) is 0 Å². The normalized spacial score (nSPS) is 15.6. The molecular formula is C18H20N4O3. The number of para-hydroxylation sites is 1. The van der Waals surface area contributed by atoms with E-state index in [2.05, 4.69) is 10.1 Å². The van der Waals surface area contributed by atoms with Crippen LogP contribution in [-0.4, -0.2) is 40.1 Å². The van der Waals surface area contributed by atoms with Gasteiger partial charge in [0.05, 0.1) is 19.3 Å². The molecule has 130 valence electrons. The highest BCUT2D eigenvalue weighted by atomic mass is 16.5. The molecule has 0 radical (unpaired) electrons. The van der Waals surface area contributed by atoms with E-state index in [1.807, 2.05) is 28.9 Å². The summed E-state index contributed by atoms with van der Waals surface area (Å²) in [6.45, 7) is 1.42. The Bertz CT molecular complexity index is 941. The first-order valence-corrected chi connectivity index (χ1v) is 8.42. The van der Waals surface area contributed by atoms with Crippen LogP contribution in [-0.2, 0) is 11.2 Å². The summed E-state index contributed by atoms with van der Waals surface area (Å²) in [5.74, 6) is 1.39. The molecule has 0 bridgehead atoms. The van der Waals surface area contributed by atoms with Gasteiger partial charge in [0.25, 0.3) is 5.56 Å². The van der Waals surface area contributed by atoms with Gasteiger partial charge in [-0.2, -0.15) is 5.10 Å². The number of aromatic nitrogens is 4. The first kappa shape index (κ1) is 15.8. The summed E-state index contributed by atoms with van der Waals surface area (Å²) in [5, 5.41) is 4.94. The molecule has 7 nitrogen and oxygen atoms in total. The van der Waals surface area contributed by atoms with Gasteiger partial charge >= 0.3 is 0 Å². The van der Waals surface area contributed by atoms with Gasteiger partial charge in [-0.05, 0) is 18.9 Å². The molecule has 2 aromatic heterocycles. The third-order valence-electron chi connectivity index (χ3n) is 4.60. The Hall–Kier alpha value is -2.67. The molecule has 3 heterocycles. The van der Waals surface area contributed by atoms with Crippen LogP contribution in [0.5, 0.6) is 5.75 Å². The third-order valence-corrected chi connectivity index (χ3v) is 4.60. The standard InChI is InChI=1S/C18H20N4O3/c1-24-15-5-3-2-4-12(15)10-16-20-17-14(18(23)21-16)11-19-22(17)13-6-8-25-9-7-13/h2-5,11,13H,6-10H2,1H3,(H,20,21,23). The van der Waals surface area contributed by atoms with Crippen molar-refractivity contribution in [3.63, 3.8) is 0 Å². The van der Waals surface area contributed by atoms with E-state index in [4.69, 9.17) is 14.5 Å². The minimum Gasteiger partial charge on any atom is -0.496 e. The molecule has 0 amide bonds. The van der Waals surface area contributed by atoms with Crippen molar-refractivity contribution in [1.29, 1.82) is 0 Å². The van der Waals surface area contributed by atoms with E-state index in [9.17, 15) is 4.79 Å². The van der Waals surface area contributed by atoms with E-state index in [1.165, 1.54) is 0 Å². The molecule has 4 rings (SSSR count). The first-order valence-electron chi connectivity index (χ1n) is 8.42. The average Bonchev–Trinajstić information content (AvgIpc) is 3.07. The molecule has 1 N–H and O–H groups in total. The molecule has 1 fully saturated rings. The number of rotatable bonds is 4. The van der Waals surface area contributed by atoms with Crippen LogP contribution in [0.2, 0.25) is 0 Å². The van der Waals surface area contributed by atoms with Crippen molar-refractivity contribution in [2.45, 2.75) is 25.3 Å². The van der Waals surface area contributed by atoms with Crippen LogP contribution in [0.25, 0.3) is 11.0 Å². The SMILES string of the molecule is COc1ccccc1Cc1nc2c(cnn2C2CCOCC2)c(=O)[nH]1. The highest BCUT2D eigenvalue weighted by Gasteiger charge is 2.20. The summed E-state index contributed by atoms with van der Waals surface area (Å²) in [5.41, 5.74) is 1.46. The minimum absolute atomic E-state index is 0.159. The lowest BCUT2D eigenvalue weighted by molar-refractivity contribution is 0.0673. The predicted molar refractivity (Wildman–Crippen MR) is 93.0 cm³/mol. The van der Waals surface area contributed by atoms with Crippen molar-refractivity contribution in [2.75, 3.05) is 20.3 Å². The lowest BCUT2D eigenvalue weighted by Crippen LogP contribution is -2.21. The summed E-state index contributed by atoms with van der Waals surface area (Å²) >= 11 is 0. The van der Waals surface area contributed by atoms with Crippen LogP contribution >= 0.6 is 0 Å². The number of methoxy groups -OCH3 is 1. The number of ether oxygens (including phenoxy) is 2. The number of benzene rings is 1. The lowest BCUT2D eigenvalue weighted by Gasteiger charge is -2.22. The van der Waals surface area contributed by atoms with Gasteiger partial charge in [-0.3, -0.25) is 4.79 Å². The van der Waals surface area contributed by atoms with Crippen molar-refractivity contribution in [3.8, 4) is 5.75 Å². The number of nitrogens with one attached hydrogen (secondary N) is 1. The number of aromatic amines is 1. The molecule has 0 unspecified atom stereocenters. The second kappa shape index (κ2) is 6.68. The van der Waals surface area contributed by atoms with Crippen LogP contribution in [0, 0.1) is 0 Å². The van der Waals surface area contributed by atoms with Crippen molar-refractivity contribution >= 4 is 11.0 Å². The van der Waals surface area contributed by atoms with Gasteiger partial charge in [0, 0.05) is 25.2 Å². The third kappa shape index (κ3) is 3.02. The fourth-order valence-electron chi connectivity index (χ4n) is 3.29. The quantitative estimate of drug-likeness (QED) is 0.786. The summed E-state index contributed by atoms with van der Waals surface area (Å²) in [4.78, 5) is 20.0. The molecule has 7 heteroatoms. The smallest absolute Gasteiger partial charge is 0.262 e. The molecule has 1 aromatic carbocycles. The fraction of sp³-hybridized carbons (Fsp3) is 0.389. The van der Waals surface area contributed by atoms with Gasteiger partial charge in [-0.25, -0.2) is 9.67 Å². The Morgan fingerprint density at radius 1 is 1.32 bits per heavy atom. The Morgan fingerprint density at radius 2 is 2.12 bits per heavy atom. The van der Waals surface area contributed by atoms with E-state index in [1.54, 1.807) is 13.3 Å². The topological polar surface area (TPSA) is 82.0 Å². The van der Waals surface area contributed by atoms with E-state index in [-0.39, 0.29) is 11.6 Å². The van der Waals surface area contributed by atoms with E-state index in [0.717, 1.165) is 24.2 Å². The highest BCUT2D eigenvalue weighted by molar-refractivity contribution is 5.73. The maximum atomic E-state index is 12.4. The van der Waals surface area contributed by atoms with Crippen molar-refractivity contribution in [2.24, 2.45) is 0 Å². The molecule has 1 saturated heterocycles. The molecule has 0 aliphatic carbocycles. The number of H-pyrrole nitrogens is 1. The molecular weight excluding hydrogens is 320 g/mol. The van der Waals surface area contributed by atoms with Crippen LogP contribution in [0.3, 0.4) is 0 Å². The second-order valence-corrected chi connectivity index (χ2v) is 6.17. The van der Waals surface area contributed by atoms with E-state index in [0.29, 0.717) is 36.5 Å². The predicted octanol–water partition coefficient (Wildman–Crippen LogP) is 2.07. The molecule has 0 atom stereocenters. The molecule has 0 spiro atoms.